The van der Waals surface area contributed by atoms with Crippen molar-refractivity contribution in [2.45, 2.75) is 6.54 Å². The van der Waals surface area contributed by atoms with E-state index in [2.05, 4.69) is 10.3 Å². The molecular weight excluding hydrogens is 486 g/mol. The molecule has 0 bridgehead atoms. The zero-order valence-corrected chi connectivity index (χ0v) is 18.6. The van der Waals surface area contributed by atoms with Gasteiger partial charge in [-0.05, 0) is 30.3 Å². The second-order valence-electron chi connectivity index (χ2n) is 7.10. The van der Waals surface area contributed by atoms with Crippen LogP contribution < -0.4 is 10.1 Å². The lowest BCUT2D eigenvalue weighted by Gasteiger charge is -2.13. The number of carbonyl (C=O) groups excluding carboxylic acids is 1. The first-order chi connectivity index (χ1) is 16.3. The van der Waals surface area contributed by atoms with Gasteiger partial charge < -0.3 is 15.0 Å². The molecule has 0 spiro atoms. The van der Waals surface area contributed by atoms with Gasteiger partial charge >= 0.3 is 0 Å². The Morgan fingerprint density at radius 1 is 1.21 bits per heavy atom. The molecule has 4 aromatic rings. The van der Waals surface area contributed by atoms with Crippen LogP contribution in [0.1, 0.15) is 21.6 Å². The smallest absolute Gasteiger partial charge is 0.293 e. The summed E-state index contributed by atoms with van der Waals surface area (Å²) in [7, 11) is 0. The van der Waals surface area contributed by atoms with Gasteiger partial charge in [0, 0.05) is 28.6 Å². The number of aromatic amines is 1. The van der Waals surface area contributed by atoms with Crippen molar-refractivity contribution in [1.82, 2.24) is 10.3 Å². The lowest BCUT2D eigenvalue weighted by Crippen LogP contribution is -2.23. The van der Waals surface area contributed by atoms with E-state index in [0.717, 1.165) is 0 Å². The fraction of sp³-hybridized carbons (Fsp3) is 0.0435. The molecular formula is C23H13Cl2FN4O4. The molecule has 0 saturated carbocycles. The first-order valence-electron chi connectivity index (χ1n) is 9.66. The van der Waals surface area contributed by atoms with Crippen LogP contribution in [-0.4, -0.2) is 15.8 Å². The van der Waals surface area contributed by atoms with Gasteiger partial charge in [0.05, 0.1) is 21.6 Å². The second-order valence-corrected chi connectivity index (χ2v) is 7.95. The number of rotatable bonds is 6. The Labute approximate surface area is 201 Å². The van der Waals surface area contributed by atoms with Crippen LogP contribution in [0.5, 0.6) is 11.5 Å². The molecule has 170 valence electrons. The van der Waals surface area contributed by atoms with Crippen LogP contribution in [0.25, 0.3) is 10.9 Å². The van der Waals surface area contributed by atoms with Crippen LogP contribution in [0.15, 0.2) is 54.6 Å². The van der Waals surface area contributed by atoms with Gasteiger partial charge in [0.2, 0.25) is 0 Å². The molecule has 1 amide bonds. The Balaban J connectivity index is 1.55. The molecule has 11 heteroatoms. The third kappa shape index (κ3) is 4.64. The Hall–Kier alpha value is -4.13. The van der Waals surface area contributed by atoms with E-state index in [1.165, 1.54) is 48.5 Å². The normalized spacial score (nSPS) is 10.6. The van der Waals surface area contributed by atoms with Crippen LogP contribution in [0.4, 0.5) is 10.1 Å². The molecule has 0 fully saturated rings. The van der Waals surface area contributed by atoms with E-state index in [1.807, 2.05) is 6.07 Å². The quantitative estimate of drug-likeness (QED) is 0.245. The average Bonchev–Trinajstić information content (AvgIpc) is 3.25. The van der Waals surface area contributed by atoms with Crippen molar-refractivity contribution < 1.29 is 18.8 Å². The van der Waals surface area contributed by atoms with Crippen molar-refractivity contribution >= 4 is 45.7 Å². The van der Waals surface area contributed by atoms with Crippen molar-refractivity contribution in [3.05, 3.63) is 97.4 Å². The third-order valence-electron chi connectivity index (χ3n) is 4.86. The number of aromatic nitrogens is 1. The maximum absolute atomic E-state index is 15.1. The highest BCUT2D eigenvalue weighted by atomic mass is 35.5. The molecule has 0 aliphatic carbocycles. The predicted octanol–water partition coefficient (Wildman–Crippen LogP) is 6.12. The number of amides is 1. The summed E-state index contributed by atoms with van der Waals surface area (Å²) >= 11 is 12.1. The standard InChI is InChI=1S/C23H13Cl2FN4O4/c24-15-6-12(10-27)7-16(9-15)34-22-17(25)5-4-14(20(22)26)11-28-23(31)18-8-13-2-1-3-19(30(32)33)21(13)29-18/h1-9,29H,11H2,(H,28,31). The summed E-state index contributed by atoms with van der Waals surface area (Å²) in [5.74, 6) is -1.57. The lowest BCUT2D eigenvalue weighted by molar-refractivity contribution is -0.383. The van der Waals surface area contributed by atoms with Crippen molar-refractivity contribution in [3.63, 3.8) is 0 Å². The predicted molar refractivity (Wildman–Crippen MR) is 124 cm³/mol. The zero-order chi connectivity index (χ0) is 24.4. The monoisotopic (exact) mass is 498 g/mol. The van der Waals surface area contributed by atoms with Gasteiger partial charge in [-0.15, -0.1) is 0 Å². The molecule has 8 nitrogen and oxygen atoms in total. The molecule has 0 aliphatic rings. The number of nitro benzene ring substituents is 1. The minimum Gasteiger partial charge on any atom is -0.453 e. The van der Waals surface area contributed by atoms with Crippen molar-refractivity contribution in [2.75, 3.05) is 0 Å². The molecule has 0 aliphatic heterocycles. The molecule has 4 rings (SSSR count). The van der Waals surface area contributed by atoms with Crippen LogP contribution in [0.2, 0.25) is 10.0 Å². The number of hydrogen-bond acceptors (Lipinski definition) is 5. The van der Waals surface area contributed by atoms with Gasteiger partial charge in [-0.2, -0.15) is 5.26 Å². The summed E-state index contributed by atoms with van der Waals surface area (Å²) in [6, 6.07) is 14.9. The minimum absolute atomic E-state index is 0.0195. The van der Waals surface area contributed by atoms with Gasteiger partial charge in [-0.3, -0.25) is 14.9 Å². The number of hydrogen-bond donors (Lipinski definition) is 2. The highest BCUT2D eigenvalue weighted by Gasteiger charge is 2.19. The molecule has 1 aromatic heterocycles. The highest BCUT2D eigenvalue weighted by Crippen LogP contribution is 2.35. The number of non-ortho nitro benzene ring substituents is 1. The number of nitro groups is 1. The number of H-pyrrole nitrogens is 1. The summed E-state index contributed by atoms with van der Waals surface area (Å²) in [6.07, 6.45) is 0. The molecule has 2 N–H and O–H groups in total. The van der Waals surface area contributed by atoms with Gasteiger partial charge in [0.15, 0.2) is 11.6 Å². The number of nitrogens with zero attached hydrogens (tertiary/aromatic N) is 2. The van der Waals surface area contributed by atoms with E-state index in [-0.39, 0.29) is 56.1 Å². The van der Waals surface area contributed by atoms with Crippen molar-refractivity contribution in [1.29, 1.82) is 5.26 Å². The lowest BCUT2D eigenvalue weighted by atomic mass is 10.2. The van der Waals surface area contributed by atoms with E-state index < -0.39 is 16.6 Å². The van der Waals surface area contributed by atoms with Crippen LogP contribution in [0, 0.1) is 27.3 Å². The maximum atomic E-state index is 15.1. The summed E-state index contributed by atoms with van der Waals surface area (Å²) in [5, 5.41) is 23.5. The van der Waals surface area contributed by atoms with Crippen molar-refractivity contribution in [2.24, 2.45) is 0 Å². The first-order valence-corrected chi connectivity index (χ1v) is 10.4. The van der Waals surface area contributed by atoms with Gasteiger partial charge in [0.25, 0.3) is 11.6 Å². The van der Waals surface area contributed by atoms with E-state index in [1.54, 1.807) is 6.07 Å². The first kappa shape index (κ1) is 23.0. The molecule has 1 heterocycles. The number of nitriles is 1. The molecule has 3 aromatic carbocycles. The number of nitrogens with one attached hydrogen (secondary N) is 2. The summed E-state index contributed by atoms with van der Waals surface area (Å²) < 4.78 is 20.7. The Morgan fingerprint density at radius 2 is 2.00 bits per heavy atom. The van der Waals surface area contributed by atoms with Crippen LogP contribution in [-0.2, 0) is 6.54 Å². The molecule has 0 unspecified atom stereocenters. The fourth-order valence-electron chi connectivity index (χ4n) is 3.29. The highest BCUT2D eigenvalue weighted by molar-refractivity contribution is 6.32. The number of carbonyl (C=O) groups is 1. The Morgan fingerprint density at radius 3 is 2.74 bits per heavy atom. The molecule has 0 atom stereocenters. The SMILES string of the molecule is N#Cc1cc(Cl)cc(Oc2c(Cl)ccc(CNC(=O)c3cc4cccc([N+](=O)[O-])c4[nH]3)c2F)c1. The van der Waals surface area contributed by atoms with Gasteiger partial charge in [-0.1, -0.05) is 41.4 Å². The van der Waals surface area contributed by atoms with E-state index in [4.69, 9.17) is 33.2 Å². The van der Waals surface area contributed by atoms with Gasteiger partial charge in [0.1, 0.15) is 17.0 Å². The van der Waals surface area contributed by atoms with Crippen LogP contribution in [0.3, 0.4) is 0 Å². The van der Waals surface area contributed by atoms with E-state index in [0.29, 0.717) is 5.39 Å². The Kier molecular flexibility index (Phi) is 6.36. The number of halogens is 3. The fourth-order valence-corrected chi connectivity index (χ4v) is 3.70. The Bertz CT molecular complexity index is 1500. The third-order valence-corrected chi connectivity index (χ3v) is 5.38. The number of fused-ring (bicyclic) bond motifs is 1. The van der Waals surface area contributed by atoms with Crippen LogP contribution >= 0.6 is 23.2 Å². The van der Waals surface area contributed by atoms with Crippen molar-refractivity contribution in [3.8, 4) is 17.6 Å². The zero-order valence-electron chi connectivity index (χ0n) is 17.1. The molecule has 34 heavy (non-hydrogen) atoms. The summed E-state index contributed by atoms with van der Waals surface area (Å²) in [6.45, 7) is -0.214. The maximum Gasteiger partial charge on any atom is 0.293 e. The minimum atomic E-state index is -0.807. The molecule has 0 radical (unpaired) electrons. The summed E-state index contributed by atoms with van der Waals surface area (Å²) in [4.78, 5) is 26.0. The number of benzene rings is 3. The summed E-state index contributed by atoms with van der Waals surface area (Å²) in [5.41, 5.74) is 0.434. The van der Waals surface area contributed by atoms with E-state index in [9.17, 15) is 14.9 Å². The van der Waals surface area contributed by atoms with Gasteiger partial charge in [-0.25, -0.2) is 4.39 Å². The topological polar surface area (TPSA) is 121 Å². The van der Waals surface area contributed by atoms with E-state index >= 15 is 4.39 Å². The average molecular weight is 499 g/mol. The molecule has 0 saturated heterocycles. The second kappa shape index (κ2) is 9.39. The largest absolute Gasteiger partial charge is 0.453 e. The number of ether oxygens (including phenoxy) is 1. The number of para-hydroxylation sites is 1.